The molecule has 0 aliphatic rings. The van der Waals surface area contributed by atoms with Crippen molar-refractivity contribution in [1.82, 2.24) is 4.72 Å². The Morgan fingerprint density at radius 2 is 1.60 bits per heavy atom. The number of amides is 1. The first-order chi connectivity index (χ1) is 6.78. The third-order valence-corrected chi connectivity index (χ3v) is 9.09. The Morgan fingerprint density at radius 1 is 1.20 bits per heavy atom. The van der Waals surface area contributed by atoms with Crippen molar-refractivity contribution in [1.29, 1.82) is 0 Å². The summed E-state index contributed by atoms with van der Waals surface area (Å²) in [6, 6.07) is 3.09. The highest BCUT2D eigenvalue weighted by molar-refractivity contribution is 7.84. The Hall–Kier alpha value is -0.403. The van der Waals surface area contributed by atoms with Crippen LogP contribution in [0, 0.1) is 0 Å². The van der Waals surface area contributed by atoms with E-state index in [4.69, 9.17) is 4.55 Å². The predicted octanol–water partition coefficient (Wildman–Crippen LogP) is 1.41. The van der Waals surface area contributed by atoms with Crippen LogP contribution < -0.4 is 4.72 Å². The Bertz CT molecular complexity index is 302. The van der Waals surface area contributed by atoms with E-state index in [1.807, 2.05) is 20.8 Å². The molecule has 0 bridgehead atoms. The summed E-state index contributed by atoms with van der Waals surface area (Å²) < 4.78 is 30.9. The minimum atomic E-state index is -4.40. The molecule has 0 spiro atoms. The second kappa shape index (κ2) is 5.62. The van der Waals surface area contributed by atoms with E-state index < -0.39 is 24.3 Å². The summed E-state index contributed by atoms with van der Waals surface area (Å²) in [4.78, 5) is 11.3. The van der Waals surface area contributed by atoms with Crippen molar-refractivity contribution in [3.05, 3.63) is 0 Å². The highest BCUT2D eigenvalue weighted by Gasteiger charge is 2.30. The van der Waals surface area contributed by atoms with Crippen molar-refractivity contribution in [3.63, 3.8) is 0 Å². The lowest BCUT2D eigenvalue weighted by Gasteiger charge is -2.26. The largest absolute Gasteiger partial charge is 0.359 e. The first-order valence-corrected chi connectivity index (χ1v) is 9.33. The zero-order chi connectivity index (χ0) is 12.1. The Morgan fingerprint density at radius 3 is 1.87 bits per heavy atom. The van der Waals surface area contributed by atoms with Gasteiger partial charge in [-0.3, -0.25) is 9.35 Å². The van der Waals surface area contributed by atoms with Gasteiger partial charge in [0, 0.05) is 6.04 Å². The number of rotatable bonds is 6. The average Bonchev–Trinajstić information content (AvgIpc) is 2.11. The SMILES string of the molecule is CC[Si](CC)(CC)CC(=O)NS(=O)(=O)O. The molecule has 0 radical (unpaired) electrons. The Kier molecular flexibility index (Phi) is 5.47. The molecule has 90 valence electrons. The average molecular weight is 253 g/mol. The zero-order valence-corrected chi connectivity index (χ0v) is 11.2. The summed E-state index contributed by atoms with van der Waals surface area (Å²) in [5.74, 6) is -0.588. The van der Waals surface area contributed by atoms with Crippen molar-refractivity contribution in [2.45, 2.75) is 44.9 Å². The molecule has 0 heterocycles. The molecule has 0 saturated heterocycles. The topological polar surface area (TPSA) is 83.5 Å². The van der Waals surface area contributed by atoms with Gasteiger partial charge in [-0.15, -0.1) is 0 Å². The van der Waals surface area contributed by atoms with Crippen LogP contribution in [0.4, 0.5) is 0 Å². The molecule has 0 aliphatic carbocycles. The molecule has 0 atom stereocenters. The van der Waals surface area contributed by atoms with Crippen molar-refractivity contribution >= 4 is 24.3 Å². The van der Waals surface area contributed by atoms with E-state index in [-0.39, 0.29) is 6.04 Å². The third-order valence-electron chi connectivity index (χ3n) is 3.03. The van der Waals surface area contributed by atoms with Gasteiger partial charge in [0.1, 0.15) is 0 Å². The van der Waals surface area contributed by atoms with Crippen LogP contribution in [0.25, 0.3) is 0 Å². The molecule has 15 heavy (non-hydrogen) atoms. The standard InChI is InChI=1S/C8H19NO4SSi/c1-4-15(5-2,6-3)7-8(10)9-14(11,12)13/h4-7H2,1-3H3,(H,9,10)(H,11,12,13). The molecule has 2 N–H and O–H groups in total. The molecule has 0 aromatic heterocycles. The number of carbonyl (C=O) groups is 1. The van der Waals surface area contributed by atoms with Gasteiger partial charge in [-0.2, -0.15) is 8.42 Å². The van der Waals surface area contributed by atoms with Crippen LogP contribution in [0.1, 0.15) is 20.8 Å². The van der Waals surface area contributed by atoms with Crippen molar-refractivity contribution < 1.29 is 17.8 Å². The van der Waals surface area contributed by atoms with Crippen molar-refractivity contribution in [2.75, 3.05) is 0 Å². The molecule has 1 amide bonds. The summed E-state index contributed by atoms with van der Waals surface area (Å²) in [6.45, 7) is 6.08. The van der Waals surface area contributed by atoms with Gasteiger partial charge >= 0.3 is 10.3 Å². The van der Waals surface area contributed by atoms with Crippen LogP contribution in [0.15, 0.2) is 0 Å². The van der Waals surface area contributed by atoms with Crippen LogP contribution in [0.3, 0.4) is 0 Å². The fraction of sp³-hybridized carbons (Fsp3) is 0.875. The molecule has 0 saturated carbocycles. The van der Waals surface area contributed by atoms with Gasteiger partial charge in [0.25, 0.3) is 0 Å². The zero-order valence-electron chi connectivity index (χ0n) is 9.41. The van der Waals surface area contributed by atoms with E-state index >= 15 is 0 Å². The smallest absolute Gasteiger partial charge is 0.274 e. The Labute approximate surface area is 92.2 Å². The highest BCUT2D eigenvalue weighted by Crippen LogP contribution is 2.24. The van der Waals surface area contributed by atoms with Crippen LogP contribution in [0.5, 0.6) is 0 Å². The van der Waals surface area contributed by atoms with E-state index in [2.05, 4.69) is 0 Å². The molecule has 0 aliphatic heterocycles. The lowest BCUT2D eigenvalue weighted by molar-refractivity contribution is -0.117. The van der Waals surface area contributed by atoms with Crippen LogP contribution in [-0.4, -0.2) is 27.0 Å². The highest BCUT2D eigenvalue weighted by atomic mass is 32.2. The van der Waals surface area contributed by atoms with E-state index in [1.54, 1.807) is 4.72 Å². The normalized spacial score (nSPS) is 12.5. The van der Waals surface area contributed by atoms with Gasteiger partial charge in [-0.1, -0.05) is 38.9 Å². The fourth-order valence-corrected chi connectivity index (χ4v) is 5.15. The fourth-order valence-electron chi connectivity index (χ4n) is 1.65. The number of carbonyl (C=O) groups excluding carboxylic acids is 1. The molecule has 0 unspecified atom stereocenters. The number of hydrogen-bond donors (Lipinski definition) is 2. The molecular formula is C8H19NO4SSi. The van der Waals surface area contributed by atoms with E-state index in [9.17, 15) is 13.2 Å². The predicted molar refractivity (Wildman–Crippen MR) is 61.7 cm³/mol. The molecule has 0 rings (SSSR count). The van der Waals surface area contributed by atoms with Gasteiger partial charge in [0.15, 0.2) is 0 Å². The monoisotopic (exact) mass is 253 g/mol. The quantitative estimate of drug-likeness (QED) is 0.554. The van der Waals surface area contributed by atoms with Crippen molar-refractivity contribution in [2.24, 2.45) is 0 Å². The maximum Gasteiger partial charge on any atom is 0.359 e. The van der Waals surface area contributed by atoms with Crippen LogP contribution >= 0.6 is 0 Å². The van der Waals surface area contributed by atoms with Gasteiger partial charge in [-0.05, 0) is 0 Å². The number of hydrogen-bond acceptors (Lipinski definition) is 3. The second-order valence-corrected chi connectivity index (χ2v) is 10.4. The molecule has 0 aromatic carbocycles. The summed E-state index contributed by atoms with van der Waals surface area (Å²) in [7, 11) is -6.07. The molecule has 0 aromatic rings. The Balaban J connectivity index is 4.50. The molecule has 7 heteroatoms. The number of nitrogens with one attached hydrogen (secondary N) is 1. The lowest BCUT2D eigenvalue weighted by atomic mass is 10.8. The first kappa shape index (κ1) is 14.6. The van der Waals surface area contributed by atoms with E-state index in [0.717, 1.165) is 18.1 Å². The van der Waals surface area contributed by atoms with E-state index in [0.29, 0.717) is 0 Å². The minimum absolute atomic E-state index is 0.260. The van der Waals surface area contributed by atoms with Crippen LogP contribution in [0.2, 0.25) is 24.2 Å². The summed E-state index contributed by atoms with van der Waals surface area (Å²) >= 11 is 0. The van der Waals surface area contributed by atoms with Gasteiger partial charge in [0.05, 0.1) is 8.07 Å². The maximum absolute atomic E-state index is 11.3. The third kappa shape index (κ3) is 5.29. The van der Waals surface area contributed by atoms with Gasteiger partial charge < -0.3 is 0 Å². The molecule has 5 nitrogen and oxygen atoms in total. The summed E-state index contributed by atoms with van der Waals surface area (Å²) in [5.41, 5.74) is 0. The minimum Gasteiger partial charge on any atom is -0.274 e. The molecular weight excluding hydrogens is 234 g/mol. The van der Waals surface area contributed by atoms with Gasteiger partial charge in [0.2, 0.25) is 5.91 Å². The van der Waals surface area contributed by atoms with Crippen molar-refractivity contribution in [3.8, 4) is 0 Å². The summed E-state index contributed by atoms with van der Waals surface area (Å²) in [6.07, 6.45) is 0. The van der Waals surface area contributed by atoms with Crippen LogP contribution in [-0.2, 0) is 15.1 Å². The first-order valence-electron chi connectivity index (χ1n) is 5.06. The maximum atomic E-state index is 11.3. The lowest BCUT2D eigenvalue weighted by Crippen LogP contribution is -2.40. The summed E-state index contributed by atoms with van der Waals surface area (Å²) in [5, 5.41) is 0. The van der Waals surface area contributed by atoms with E-state index in [1.165, 1.54) is 0 Å². The second-order valence-electron chi connectivity index (χ2n) is 3.74. The van der Waals surface area contributed by atoms with Gasteiger partial charge in [-0.25, -0.2) is 4.72 Å². The molecule has 0 fully saturated rings.